The Morgan fingerprint density at radius 3 is 2.33 bits per heavy atom. The standard InChI is InChI=1S/C17H37N3O/c1-5-16-14-17(15-18,10-13-21-16)20(8-4)12-9-11-19(6-2)7-3/h16H,5-15,18H2,1-4H3. The SMILES string of the molecule is CCC1CC(CN)(N(CC)CCCN(CC)CC)CCO1. The van der Waals surface area contributed by atoms with E-state index < -0.39 is 0 Å². The van der Waals surface area contributed by atoms with Crippen LogP contribution in [0.25, 0.3) is 0 Å². The van der Waals surface area contributed by atoms with E-state index in [9.17, 15) is 0 Å². The summed E-state index contributed by atoms with van der Waals surface area (Å²) in [6.45, 7) is 16.3. The van der Waals surface area contributed by atoms with E-state index in [1.807, 2.05) is 0 Å². The maximum Gasteiger partial charge on any atom is 0.0590 e. The second kappa shape index (κ2) is 9.78. The minimum atomic E-state index is 0.164. The third kappa shape index (κ3) is 5.20. The molecule has 1 rings (SSSR count). The summed E-state index contributed by atoms with van der Waals surface area (Å²) in [5.74, 6) is 0. The summed E-state index contributed by atoms with van der Waals surface area (Å²) >= 11 is 0. The van der Waals surface area contributed by atoms with E-state index in [-0.39, 0.29) is 5.54 Å². The fraction of sp³-hybridized carbons (Fsp3) is 1.00. The monoisotopic (exact) mass is 299 g/mol. The Morgan fingerprint density at radius 1 is 1.10 bits per heavy atom. The highest BCUT2D eigenvalue weighted by Crippen LogP contribution is 2.31. The van der Waals surface area contributed by atoms with Crippen LogP contribution in [0.2, 0.25) is 0 Å². The summed E-state index contributed by atoms with van der Waals surface area (Å²) in [6, 6.07) is 0. The largest absolute Gasteiger partial charge is 0.378 e. The fourth-order valence-corrected chi connectivity index (χ4v) is 3.62. The van der Waals surface area contributed by atoms with E-state index >= 15 is 0 Å². The van der Waals surface area contributed by atoms with Gasteiger partial charge in [0, 0.05) is 18.7 Å². The molecule has 4 heteroatoms. The Bertz CT molecular complexity index is 271. The molecular formula is C17H37N3O. The predicted molar refractivity (Wildman–Crippen MR) is 90.7 cm³/mol. The first-order valence-corrected chi connectivity index (χ1v) is 8.94. The average molecular weight is 300 g/mol. The zero-order chi connectivity index (χ0) is 15.7. The highest BCUT2D eigenvalue weighted by molar-refractivity contribution is 4.96. The molecular weight excluding hydrogens is 262 g/mol. The minimum Gasteiger partial charge on any atom is -0.378 e. The van der Waals surface area contributed by atoms with E-state index in [0.29, 0.717) is 6.10 Å². The van der Waals surface area contributed by atoms with Crippen molar-refractivity contribution in [2.45, 2.75) is 65.0 Å². The van der Waals surface area contributed by atoms with E-state index in [0.717, 1.165) is 58.6 Å². The maximum absolute atomic E-state index is 6.21. The van der Waals surface area contributed by atoms with Crippen molar-refractivity contribution in [3.05, 3.63) is 0 Å². The van der Waals surface area contributed by atoms with Gasteiger partial charge in [-0.25, -0.2) is 0 Å². The van der Waals surface area contributed by atoms with Crippen LogP contribution in [0.1, 0.15) is 53.4 Å². The van der Waals surface area contributed by atoms with E-state index in [1.165, 1.54) is 13.0 Å². The molecule has 21 heavy (non-hydrogen) atoms. The normalized spacial score (nSPS) is 26.7. The van der Waals surface area contributed by atoms with Crippen molar-refractivity contribution >= 4 is 0 Å². The van der Waals surface area contributed by atoms with Crippen molar-refractivity contribution < 1.29 is 4.74 Å². The minimum absolute atomic E-state index is 0.164. The van der Waals surface area contributed by atoms with Crippen LogP contribution in [-0.2, 0) is 4.74 Å². The number of likely N-dealkylation sites (N-methyl/N-ethyl adjacent to an activating group) is 1. The molecule has 1 aliphatic rings. The molecule has 2 atom stereocenters. The molecule has 0 bridgehead atoms. The van der Waals surface area contributed by atoms with Gasteiger partial charge in [-0.15, -0.1) is 0 Å². The molecule has 0 radical (unpaired) electrons. The van der Waals surface area contributed by atoms with Crippen LogP contribution >= 0.6 is 0 Å². The summed E-state index contributed by atoms with van der Waals surface area (Å²) in [4.78, 5) is 5.13. The van der Waals surface area contributed by atoms with Gasteiger partial charge in [0.05, 0.1) is 6.10 Å². The molecule has 0 aliphatic carbocycles. The third-order valence-corrected chi connectivity index (χ3v) is 5.21. The van der Waals surface area contributed by atoms with Crippen molar-refractivity contribution in [1.82, 2.24) is 9.80 Å². The smallest absolute Gasteiger partial charge is 0.0590 e. The highest BCUT2D eigenvalue weighted by atomic mass is 16.5. The fourth-order valence-electron chi connectivity index (χ4n) is 3.62. The lowest BCUT2D eigenvalue weighted by Gasteiger charge is -2.48. The second-order valence-electron chi connectivity index (χ2n) is 6.24. The van der Waals surface area contributed by atoms with Gasteiger partial charge in [0.1, 0.15) is 0 Å². The molecule has 0 spiro atoms. The first-order chi connectivity index (χ1) is 10.2. The van der Waals surface area contributed by atoms with Gasteiger partial charge in [0.2, 0.25) is 0 Å². The van der Waals surface area contributed by atoms with Crippen LogP contribution in [0.3, 0.4) is 0 Å². The molecule has 0 aromatic rings. The molecule has 0 saturated carbocycles. The number of ether oxygens (including phenoxy) is 1. The van der Waals surface area contributed by atoms with E-state index in [4.69, 9.17) is 10.5 Å². The topological polar surface area (TPSA) is 41.7 Å². The molecule has 1 heterocycles. The lowest BCUT2D eigenvalue weighted by Crippen LogP contribution is -2.58. The first-order valence-electron chi connectivity index (χ1n) is 8.94. The van der Waals surface area contributed by atoms with Crippen LogP contribution in [0, 0.1) is 0 Å². The zero-order valence-electron chi connectivity index (χ0n) is 14.7. The third-order valence-electron chi connectivity index (χ3n) is 5.21. The van der Waals surface area contributed by atoms with Gasteiger partial charge in [0.25, 0.3) is 0 Å². The Labute approximate surface area is 132 Å². The zero-order valence-corrected chi connectivity index (χ0v) is 14.7. The number of nitrogens with two attached hydrogens (primary N) is 1. The van der Waals surface area contributed by atoms with Crippen LogP contribution in [0.5, 0.6) is 0 Å². The molecule has 2 N–H and O–H groups in total. The lowest BCUT2D eigenvalue weighted by atomic mass is 9.83. The van der Waals surface area contributed by atoms with Crippen LogP contribution in [-0.4, -0.2) is 67.3 Å². The molecule has 1 fully saturated rings. The number of nitrogens with zero attached hydrogens (tertiary/aromatic N) is 2. The quantitative estimate of drug-likeness (QED) is 0.672. The Balaban J connectivity index is 2.58. The van der Waals surface area contributed by atoms with Gasteiger partial charge in [-0.1, -0.05) is 27.7 Å². The summed E-state index contributed by atoms with van der Waals surface area (Å²) in [5, 5.41) is 0. The Hall–Kier alpha value is -0.160. The van der Waals surface area contributed by atoms with Crippen molar-refractivity contribution in [2.75, 3.05) is 45.9 Å². The summed E-state index contributed by atoms with van der Waals surface area (Å²) in [5.41, 5.74) is 6.37. The van der Waals surface area contributed by atoms with Crippen molar-refractivity contribution in [3.63, 3.8) is 0 Å². The van der Waals surface area contributed by atoms with Crippen molar-refractivity contribution in [3.8, 4) is 0 Å². The van der Waals surface area contributed by atoms with Gasteiger partial charge >= 0.3 is 0 Å². The summed E-state index contributed by atoms with van der Waals surface area (Å²) < 4.78 is 5.87. The van der Waals surface area contributed by atoms with Crippen LogP contribution in [0.15, 0.2) is 0 Å². The number of hydrogen-bond donors (Lipinski definition) is 1. The Kier molecular flexibility index (Phi) is 8.79. The number of hydrogen-bond acceptors (Lipinski definition) is 4. The van der Waals surface area contributed by atoms with Gasteiger partial charge in [0.15, 0.2) is 0 Å². The van der Waals surface area contributed by atoms with E-state index in [2.05, 4.69) is 37.5 Å². The maximum atomic E-state index is 6.21. The molecule has 0 aromatic carbocycles. The molecule has 2 unspecified atom stereocenters. The Morgan fingerprint density at radius 2 is 1.81 bits per heavy atom. The van der Waals surface area contributed by atoms with Gasteiger partial charge in [-0.05, 0) is 58.4 Å². The van der Waals surface area contributed by atoms with Gasteiger partial charge in [-0.3, -0.25) is 4.90 Å². The molecule has 1 saturated heterocycles. The molecule has 1 aliphatic heterocycles. The number of rotatable bonds is 10. The van der Waals surface area contributed by atoms with Crippen LogP contribution in [0.4, 0.5) is 0 Å². The highest BCUT2D eigenvalue weighted by Gasteiger charge is 2.39. The van der Waals surface area contributed by atoms with Crippen LogP contribution < -0.4 is 5.73 Å². The summed E-state index contributed by atoms with van der Waals surface area (Å²) in [6.07, 6.45) is 4.89. The summed E-state index contributed by atoms with van der Waals surface area (Å²) in [7, 11) is 0. The molecule has 126 valence electrons. The van der Waals surface area contributed by atoms with Gasteiger partial charge in [-0.2, -0.15) is 0 Å². The first kappa shape index (κ1) is 18.9. The predicted octanol–water partition coefficient (Wildman–Crippen LogP) is 2.33. The second-order valence-corrected chi connectivity index (χ2v) is 6.24. The van der Waals surface area contributed by atoms with E-state index in [1.54, 1.807) is 0 Å². The molecule has 4 nitrogen and oxygen atoms in total. The van der Waals surface area contributed by atoms with Crippen molar-refractivity contribution in [2.24, 2.45) is 5.73 Å². The van der Waals surface area contributed by atoms with Gasteiger partial charge < -0.3 is 15.4 Å². The molecule has 0 amide bonds. The average Bonchev–Trinajstić information content (AvgIpc) is 2.55. The van der Waals surface area contributed by atoms with Crippen molar-refractivity contribution in [1.29, 1.82) is 0 Å². The lowest BCUT2D eigenvalue weighted by molar-refractivity contribution is -0.0713. The molecule has 0 aromatic heterocycles.